The van der Waals surface area contributed by atoms with Crippen LogP contribution < -0.4 is 16.0 Å². The Balaban J connectivity index is 1.62. The van der Waals surface area contributed by atoms with Gasteiger partial charge in [-0.1, -0.05) is 31.5 Å². The van der Waals surface area contributed by atoms with E-state index in [1.165, 1.54) is 0 Å². The van der Waals surface area contributed by atoms with E-state index in [4.69, 9.17) is 17.3 Å². The van der Waals surface area contributed by atoms with Crippen LogP contribution in [0.15, 0.2) is 47.6 Å². The van der Waals surface area contributed by atoms with Crippen LogP contribution in [-0.2, 0) is 0 Å². The van der Waals surface area contributed by atoms with Crippen molar-refractivity contribution in [2.45, 2.75) is 19.9 Å². The van der Waals surface area contributed by atoms with E-state index in [2.05, 4.69) is 48.9 Å². The normalized spacial score (nSPS) is 17.0. The van der Waals surface area contributed by atoms with E-state index >= 15 is 0 Å². The van der Waals surface area contributed by atoms with Crippen molar-refractivity contribution >= 4 is 45.9 Å². The number of halogens is 1. The summed E-state index contributed by atoms with van der Waals surface area (Å²) in [6, 6.07) is 11.5. The van der Waals surface area contributed by atoms with Gasteiger partial charge in [0.1, 0.15) is 11.0 Å². The highest BCUT2D eigenvalue weighted by Gasteiger charge is 2.32. The van der Waals surface area contributed by atoms with Crippen LogP contribution >= 0.6 is 11.6 Å². The Kier molecular flexibility index (Phi) is 6.23. The molecular formula is C22H24ClN9. The van der Waals surface area contributed by atoms with Crippen LogP contribution in [0.4, 0.5) is 17.5 Å². The summed E-state index contributed by atoms with van der Waals surface area (Å²) in [6.07, 6.45) is 3.71. The van der Waals surface area contributed by atoms with E-state index in [1.807, 2.05) is 36.5 Å². The maximum absolute atomic E-state index is 9.40. The first kappa shape index (κ1) is 21.6. The third-order valence-electron chi connectivity index (χ3n) is 5.53. The van der Waals surface area contributed by atoms with Gasteiger partial charge in [-0.25, -0.2) is 4.98 Å². The summed E-state index contributed by atoms with van der Waals surface area (Å²) in [7, 11) is 0. The van der Waals surface area contributed by atoms with Crippen molar-refractivity contribution < 1.29 is 0 Å². The van der Waals surface area contributed by atoms with Gasteiger partial charge in [0.2, 0.25) is 18.1 Å². The summed E-state index contributed by atoms with van der Waals surface area (Å²) in [6.45, 7) is 6.27. The highest BCUT2D eigenvalue weighted by molar-refractivity contribution is 6.29. The van der Waals surface area contributed by atoms with E-state index in [-0.39, 0.29) is 17.9 Å². The fraction of sp³-hybridized carbons (Fsp3) is 0.318. The molecule has 3 heterocycles. The van der Waals surface area contributed by atoms with Gasteiger partial charge < -0.3 is 20.9 Å². The molecule has 1 aromatic carbocycles. The fourth-order valence-electron chi connectivity index (χ4n) is 3.98. The molecule has 1 aliphatic rings. The molecule has 10 heteroatoms. The van der Waals surface area contributed by atoms with Crippen molar-refractivity contribution in [2.75, 3.05) is 35.6 Å². The molecule has 3 aromatic rings. The quantitative estimate of drug-likeness (QED) is 0.270. The average molecular weight is 450 g/mol. The van der Waals surface area contributed by atoms with Gasteiger partial charge in [-0.05, 0) is 30.2 Å². The molecule has 0 spiro atoms. The number of hydrogen-bond acceptors (Lipinski definition) is 7. The first-order valence-corrected chi connectivity index (χ1v) is 10.7. The molecule has 0 bridgehead atoms. The number of piperazine rings is 1. The molecule has 0 radical (unpaired) electrons. The highest BCUT2D eigenvalue weighted by Crippen LogP contribution is 2.26. The zero-order valence-electron chi connectivity index (χ0n) is 17.9. The predicted octanol–water partition coefficient (Wildman–Crippen LogP) is 3.36. The van der Waals surface area contributed by atoms with Crippen LogP contribution in [0.25, 0.3) is 10.9 Å². The minimum Gasteiger partial charge on any atom is -0.368 e. The first-order valence-electron chi connectivity index (χ1n) is 10.4. The molecule has 3 N–H and O–H groups in total. The molecule has 0 saturated carbocycles. The van der Waals surface area contributed by atoms with Gasteiger partial charge in [-0.15, -0.1) is 4.99 Å². The van der Waals surface area contributed by atoms with E-state index in [0.717, 1.165) is 16.6 Å². The van der Waals surface area contributed by atoms with E-state index < -0.39 is 0 Å². The van der Waals surface area contributed by atoms with Crippen LogP contribution in [0.3, 0.4) is 0 Å². The number of benzene rings is 1. The lowest BCUT2D eigenvalue weighted by molar-refractivity contribution is 0.224. The molecule has 1 fully saturated rings. The molecule has 1 aliphatic heterocycles. The van der Waals surface area contributed by atoms with Gasteiger partial charge in [-0.2, -0.15) is 10.2 Å². The monoisotopic (exact) mass is 449 g/mol. The molecule has 4 rings (SSSR count). The molecule has 0 aliphatic carbocycles. The van der Waals surface area contributed by atoms with Crippen LogP contribution in [0.1, 0.15) is 13.8 Å². The lowest BCUT2D eigenvalue weighted by Crippen LogP contribution is -2.58. The van der Waals surface area contributed by atoms with Crippen LogP contribution in [0.2, 0.25) is 5.15 Å². The molecule has 32 heavy (non-hydrogen) atoms. The smallest absolute Gasteiger partial charge is 0.223 e. The number of aliphatic imine (C=N–C) groups is 1. The second kappa shape index (κ2) is 9.24. The standard InChI is InChI=1S/C22H24ClN9/c1-14(2)18-12-31(20-11-19(23)29-21(25)30-20)9-10-32(18)22(27-13-24)28-17-7-3-6-16-15(17)5-4-8-26-16/h3-8,11,14,18H,9-10,12H2,1-2H3,(H,27,28)(H2,25,29,30)/t18-/m1/s1. The first-order chi connectivity index (χ1) is 15.5. The lowest BCUT2D eigenvalue weighted by atomic mass is 9.99. The van der Waals surface area contributed by atoms with Gasteiger partial charge in [0, 0.05) is 37.3 Å². The van der Waals surface area contributed by atoms with Crippen molar-refractivity contribution in [3.05, 3.63) is 47.7 Å². The third kappa shape index (κ3) is 4.50. The van der Waals surface area contributed by atoms with Crippen LogP contribution in [-0.4, -0.2) is 51.5 Å². The second-order valence-electron chi connectivity index (χ2n) is 7.89. The summed E-state index contributed by atoms with van der Waals surface area (Å²) in [5.41, 5.74) is 7.52. The summed E-state index contributed by atoms with van der Waals surface area (Å²) in [5, 5.41) is 14.1. The number of nitrogens with two attached hydrogens (primary N) is 1. The zero-order chi connectivity index (χ0) is 22.7. The van der Waals surface area contributed by atoms with Gasteiger partial charge in [-0.3, -0.25) is 4.98 Å². The highest BCUT2D eigenvalue weighted by atomic mass is 35.5. The summed E-state index contributed by atoms with van der Waals surface area (Å²) in [5.74, 6) is 1.64. The summed E-state index contributed by atoms with van der Waals surface area (Å²) in [4.78, 5) is 21.1. The lowest BCUT2D eigenvalue weighted by Gasteiger charge is -2.45. The number of nitriles is 1. The van der Waals surface area contributed by atoms with Crippen LogP contribution in [0, 0.1) is 17.4 Å². The third-order valence-corrected chi connectivity index (χ3v) is 5.72. The summed E-state index contributed by atoms with van der Waals surface area (Å²) >= 11 is 6.09. The van der Waals surface area contributed by atoms with Gasteiger partial charge >= 0.3 is 0 Å². The number of aromatic nitrogens is 3. The van der Waals surface area contributed by atoms with Crippen molar-refractivity contribution in [2.24, 2.45) is 10.9 Å². The zero-order valence-corrected chi connectivity index (χ0v) is 18.7. The number of guanidine groups is 1. The number of rotatable bonds is 3. The molecule has 9 nitrogen and oxygen atoms in total. The Morgan fingerprint density at radius 2 is 2.12 bits per heavy atom. The van der Waals surface area contributed by atoms with E-state index in [9.17, 15) is 5.26 Å². The number of nitrogen functional groups attached to an aromatic ring is 1. The number of pyridine rings is 1. The SMILES string of the molecule is CC(C)[C@H]1CN(c2cc(Cl)nc(N)n2)CCN1/C(=N\C#N)Nc1cccc2ncccc12. The van der Waals surface area contributed by atoms with Gasteiger partial charge in [0.15, 0.2) is 0 Å². The Bertz CT molecular complexity index is 1160. The number of nitrogens with one attached hydrogen (secondary N) is 1. The Hall–Kier alpha value is -3.64. The maximum atomic E-state index is 9.40. The second-order valence-corrected chi connectivity index (χ2v) is 8.28. The predicted molar refractivity (Wildman–Crippen MR) is 127 cm³/mol. The van der Waals surface area contributed by atoms with Gasteiger partial charge in [0.25, 0.3) is 0 Å². The number of anilines is 3. The molecule has 0 amide bonds. The van der Waals surface area contributed by atoms with Crippen molar-refractivity contribution in [1.82, 2.24) is 19.9 Å². The molecule has 1 atom stereocenters. The van der Waals surface area contributed by atoms with Gasteiger partial charge in [0.05, 0.1) is 17.2 Å². The molecule has 164 valence electrons. The maximum Gasteiger partial charge on any atom is 0.223 e. The van der Waals surface area contributed by atoms with E-state index in [0.29, 0.717) is 36.6 Å². The Morgan fingerprint density at radius 1 is 1.28 bits per heavy atom. The Labute approximate surface area is 191 Å². The largest absolute Gasteiger partial charge is 0.368 e. The molecule has 2 aromatic heterocycles. The molecule has 0 unspecified atom stereocenters. The fourth-order valence-corrected chi connectivity index (χ4v) is 4.16. The Morgan fingerprint density at radius 3 is 2.88 bits per heavy atom. The average Bonchev–Trinajstić information content (AvgIpc) is 2.78. The van der Waals surface area contributed by atoms with Crippen molar-refractivity contribution in [1.29, 1.82) is 5.26 Å². The number of fused-ring (bicyclic) bond motifs is 1. The number of hydrogen-bond donors (Lipinski definition) is 2. The topological polar surface area (TPSA) is 119 Å². The van der Waals surface area contributed by atoms with Crippen molar-refractivity contribution in [3.8, 4) is 6.19 Å². The minimum atomic E-state index is 0.0754. The number of nitrogens with zero attached hydrogens (tertiary/aromatic N) is 7. The van der Waals surface area contributed by atoms with Crippen molar-refractivity contribution in [3.63, 3.8) is 0 Å². The minimum absolute atomic E-state index is 0.0754. The summed E-state index contributed by atoms with van der Waals surface area (Å²) < 4.78 is 0. The van der Waals surface area contributed by atoms with E-state index in [1.54, 1.807) is 12.3 Å². The molecule has 1 saturated heterocycles. The molecular weight excluding hydrogens is 426 g/mol. The van der Waals surface area contributed by atoms with Crippen LogP contribution in [0.5, 0.6) is 0 Å².